The van der Waals surface area contributed by atoms with E-state index in [0.29, 0.717) is 6.54 Å². The monoisotopic (exact) mass is 235 g/mol. The van der Waals surface area contributed by atoms with Gasteiger partial charge in [0.25, 0.3) is 0 Å². The van der Waals surface area contributed by atoms with Crippen LogP contribution in [0.1, 0.15) is 32.0 Å². The molecule has 0 saturated heterocycles. The van der Waals surface area contributed by atoms with E-state index >= 15 is 0 Å². The van der Waals surface area contributed by atoms with E-state index in [2.05, 4.69) is 16.5 Å². The maximum atomic E-state index is 13.3. The standard InChI is InChI=1S/C13H18FN3/c1-3-6-17-12-7-10(14)4-5-11(12)16-13(17)9(2)8-15/h4-5,7,9H,3,6,8,15H2,1-2H3. The molecule has 2 N–H and O–H groups in total. The predicted molar refractivity (Wildman–Crippen MR) is 67.5 cm³/mol. The molecule has 0 aliphatic carbocycles. The zero-order valence-corrected chi connectivity index (χ0v) is 10.3. The molecule has 2 rings (SSSR count). The van der Waals surface area contributed by atoms with Gasteiger partial charge in [0.1, 0.15) is 11.6 Å². The second-order valence-electron chi connectivity index (χ2n) is 4.39. The van der Waals surface area contributed by atoms with E-state index in [1.54, 1.807) is 12.1 Å². The van der Waals surface area contributed by atoms with Crippen LogP contribution in [0.25, 0.3) is 11.0 Å². The summed E-state index contributed by atoms with van der Waals surface area (Å²) in [5.74, 6) is 0.925. The number of nitrogens with two attached hydrogens (primary N) is 1. The van der Waals surface area contributed by atoms with Gasteiger partial charge in [0.2, 0.25) is 0 Å². The number of rotatable bonds is 4. The highest BCUT2D eigenvalue weighted by molar-refractivity contribution is 5.76. The van der Waals surface area contributed by atoms with Gasteiger partial charge in [-0.2, -0.15) is 0 Å². The van der Waals surface area contributed by atoms with Crippen LogP contribution < -0.4 is 5.73 Å². The predicted octanol–water partition coefficient (Wildman–Crippen LogP) is 2.65. The highest BCUT2D eigenvalue weighted by Crippen LogP contribution is 2.22. The van der Waals surface area contributed by atoms with Crippen LogP contribution in [0.3, 0.4) is 0 Å². The highest BCUT2D eigenvalue weighted by Gasteiger charge is 2.15. The van der Waals surface area contributed by atoms with Crippen molar-refractivity contribution >= 4 is 11.0 Å². The Morgan fingerprint density at radius 2 is 2.24 bits per heavy atom. The van der Waals surface area contributed by atoms with Gasteiger partial charge in [-0.05, 0) is 24.6 Å². The molecule has 0 fully saturated rings. The molecule has 1 aromatic carbocycles. The summed E-state index contributed by atoms with van der Waals surface area (Å²) in [5, 5.41) is 0. The third kappa shape index (κ3) is 2.17. The fraction of sp³-hybridized carbons (Fsp3) is 0.462. The van der Waals surface area contributed by atoms with E-state index in [-0.39, 0.29) is 11.7 Å². The fourth-order valence-electron chi connectivity index (χ4n) is 2.05. The number of nitrogens with zero attached hydrogens (tertiary/aromatic N) is 2. The van der Waals surface area contributed by atoms with Crippen molar-refractivity contribution in [1.29, 1.82) is 0 Å². The lowest BCUT2D eigenvalue weighted by Crippen LogP contribution is -2.14. The van der Waals surface area contributed by atoms with Gasteiger partial charge >= 0.3 is 0 Å². The Kier molecular flexibility index (Phi) is 3.43. The van der Waals surface area contributed by atoms with Crippen LogP contribution in [0.5, 0.6) is 0 Å². The largest absolute Gasteiger partial charge is 0.330 e. The molecule has 2 aromatic rings. The summed E-state index contributed by atoms with van der Waals surface area (Å²) in [4.78, 5) is 4.56. The van der Waals surface area contributed by atoms with Crippen LogP contribution in [0, 0.1) is 5.82 Å². The molecule has 0 bridgehead atoms. The van der Waals surface area contributed by atoms with Crippen LogP contribution >= 0.6 is 0 Å². The third-order valence-electron chi connectivity index (χ3n) is 2.98. The lowest BCUT2D eigenvalue weighted by molar-refractivity contribution is 0.602. The van der Waals surface area contributed by atoms with E-state index in [1.165, 1.54) is 6.07 Å². The molecule has 92 valence electrons. The summed E-state index contributed by atoms with van der Waals surface area (Å²) in [6, 6.07) is 4.72. The van der Waals surface area contributed by atoms with E-state index in [1.807, 2.05) is 6.92 Å². The molecule has 1 atom stereocenters. The Balaban J connectivity index is 2.62. The Hall–Kier alpha value is -1.42. The molecular weight excluding hydrogens is 217 g/mol. The molecule has 0 aliphatic rings. The number of hydrogen-bond acceptors (Lipinski definition) is 2. The number of aryl methyl sites for hydroxylation is 1. The lowest BCUT2D eigenvalue weighted by atomic mass is 10.1. The van der Waals surface area contributed by atoms with Crippen molar-refractivity contribution in [3.05, 3.63) is 29.8 Å². The topological polar surface area (TPSA) is 43.8 Å². The van der Waals surface area contributed by atoms with E-state index in [0.717, 1.165) is 29.8 Å². The van der Waals surface area contributed by atoms with Crippen LogP contribution in [-0.4, -0.2) is 16.1 Å². The summed E-state index contributed by atoms with van der Waals surface area (Å²) in [7, 11) is 0. The van der Waals surface area contributed by atoms with Crippen molar-refractivity contribution in [2.75, 3.05) is 6.54 Å². The minimum Gasteiger partial charge on any atom is -0.330 e. The molecule has 17 heavy (non-hydrogen) atoms. The minimum absolute atomic E-state index is 0.192. The number of benzene rings is 1. The molecule has 4 heteroatoms. The molecule has 1 heterocycles. The van der Waals surface area contributed by atoms with E-state index < -0.39 is 0 Å². The molecule has 0 amide bonds. The third-order valence-corrected chi connectivity index (χ3v) is 2.98. The lowest BCUT2D eigenvalue weighted by Gasteiger charge is -2.12. The van der Waals surface area contributed by atoms with E-state index in [4.69, 9.17) is 5.73 Å². The molecule has 0 saturated carbocycles. The van der Waals surface area contributed by atoms with Crippen molar-refractivity contribution < 1.29 is 4.39 Å². The molecular formula is C13H18FN3. The van der Waals surface area contributed by atoms with Gasteiger partial charge in [-0.25, -0.2) is 9.37 Å². The number of hydrogen-bond donors (Lipinski definition) is 1. The zero-order chi connectivity index (χ0) is 12.4. The van der Waals surface area contributed by atoms with Crippen molar-refractivity contribution in [3.63, 3.8) is 0 Å². The molecule has 0 spiro atoms. The van der Waals surface area contributed by atoms with Crippen LogP contribution in [0.4, 0.5) is 4.39 Å². The molecule has 1 aromatic heterocycles. The smallest absolute Gasteiger partial charge is 0.125 e. The van der Waals surface area contributed by atoms with E-state index in [9.17, 15) is 4.39 Å². The summed E-state index contributed by atoms with van der Waals surface area (Å²) in [5.41, 5.74) is 7.40. The second kappa shape index (κ2) is 4.84. The van der Waals surface area contributed by atoms with Gasteiger partial charge in [-0.1, -0.05) is 13.8 Å². The van der Waals surface area contributed by atoms with Crippen molar-refractivity contribution in [2.24, 2.45) is 5.73 Å². The van der Waals surface area contributed by atoms with Crippen molar-refractivity contribution in [3.8, 4) is 0 Å². The average molecular weight is 235 g/mol. The van der Waals surface area contributed by atoms with Crippen molar-refractivity contribution in [1.82, 2.24) is 9.55 Å². The van der Waals surface area contributed by atoms with Crippen LogP contribution in [-0.2, 0) is 6.54 Å². The summed E-state index contributed by atoms with van der Waals surface area (Å²) < 4.78 is 15.4. The first-order chi connectivity index (χ1) is 8.17. The number of fused-ring (bicyclic) bond motifs is 1. The van der Waals surface area contributed by atoms with Crippen LogP contribution in [0.2, 0.25) is 0 Å². The van der Waals surface area contributed by atoms with Gasteiger partial charge < -0.3 is 10.3 Å². The zero-order valence-electron chi connectivity index (χ0n) is 10.3. The summed E-state index contributed by atoms with van der Waals surface area (Å²) >= 11 is 0. The quantitative estimate of drug-likeness (QED) is 0.885. The Labute approximate surface area is 100 Å². The summed E-state index contributed by atoms with van der Waals surface area (Å²) in [6.07, 6.45) is 0.992. The van der Waals surface area contributed by atoms with Gasteiger partial charge in [-0.3, -0.25) is 0 Å². The Morgan fingerprint density at radius 3 is 2.88 bits per heavy atom. The SMILES string of the molecule is CCCn1c(C(C)CN)nc2ccc(F)cc21. The maximum Gasteiger partial charge on any atom is 0.125 e. The normalized spacial score (nSPS) is 13.2. The van der Waals surface area contributed by atoms with Crippen LogP contribution in [0.15, 0.2) is 18.2 Å². The average Bonchev–Trinajstić information content (AvgIpc) is 2.67. The fourth-order valence-corrected chi connectivity index (χ4v) is 2.05. The first-order valence-corrected chi connectivity index (χ1v) is 6.03. The number of halogens is 1. The molecule has 1 unspecified atom stereocenters. The highest BCUT2D eigenvalue weighted by atomic mass is 19.1. The molecule has 3 nitrogen and oxygen atoms in total. The van der Waals surface area contributed by atoms with Gasteiger partial charge in [0.15, 0.2) is 0 Å². The van der Waals surface area contributed by atoms with Gasteiger partial charge in [-0.15, -0.1) is 0 Å². The van der Waals surface area contributed by atoms with Gasteiger partial charge in [0.05, 0.1) is 11.0 Å². The number of aromatic nitrogens is 2. The Morgan fingerprint density at radius 1 is 1.47 bits per heavy atom. The van der Waals surface area contributed by atoms with Crippen molar-refractivity contribution in [2.45, 2.75) is 32.7 Å². The Bertz CT molecular complexity index is 519. The minimum atomic E-state index is -0.221. The molecule has 0 aliphatic heterocycles. The van der Waals surface area contributed by atoms with Gasteiger partial charge in [0, 0.05) is 19.0 Å². The molecule has 0 radical (unpaired) electrons. The number of imidazole rings is 1. The first-order valence-electron chi connectivity index (χ1n) is 6.03. The summed E-state index contributed by atoms with van der Waals surface area (Å²) in [6.45, 7) is 5.54. The first kappa shape index (κ1) is 12.0. The maximum absolute atomic E-state index is 13.3. The second-order valence-corrected chi connectivity index (χ2v) is 4.39.